The maximum atomic E-state index is 4.26. The van der Waals surface area contributed by atoms with E-state index >= 15 is 0 Å². The number of nitrogens with zero attached hydrogens (tertiary/aromatic N) is 1. The molecule has 2 nitrogen and oxygen atoms in total. The fourth-order valence-electron chi connectivity index (χ4n) is 1.61. The molecule has 0 atom stereocenters. The molecule has 0 saturated heterocycles. The molecule has 0 unspecified atom stereocenters. The van der Waals surface area contributed by atoms with Gasteiger partial charge in [0.15, 0.2) is 0 Å². The summed E-state index contributed by atoms with van der Waals surface area (Å²) in [6.45, 7) is 10.7. The number of nitrogens with one attached hydrogen (secondary N) is 1. The lowest BCUT2D eigenvalue weighted by atomic mass is 9.86. The minimum atomic E-state index is 0.184. The van der Waals surface area contributed by atoms with Crippen LogP contribution in [-0.2, 0) is 5.41 Å². The number of aromatic amines is 1. The first kappa shape index (κ1) is 11.8. The molecule has 0 amide bonds. The fraction of sp³-hybridized carbons (Fsp3) is 0.462. The molecule has 2 heteroatoms. The summed E-state index contributed by atoms with van der Waals surface area (Å²) >= 11 is 0. The van der Waals surface area contributed by atoms with E-state index in [4.69, 9.17) is 0 Å². The summed E-state index contributed by atoms with van der Waals surface area (Å²) in [5.41, 5.74) is 2.51. The van der Waals surface area contributed by atoms with Crippen molar-refractivity contribution in [3.63, 3.8) is 0 Å². The molecule has 0 aromatic carbocycles. The molecule has 0 saturated carbocycles. The highest BCUT2D eigenvalue weighted by molar-refractivity contribution is 5.80. The predicted molar refractivity (Wildman–Crippen MR) is 66.1 cm³/mol. The van der Waals surface area contributed by atoms with Gasteiger partial charge >= 0.3 is 0 Å². The average molecular weight is 204 g/mol. The number of H-pyrrole nitrogens is 1. The van der Waals surface area contributed by atoms with E-state index in [-0.39, 0.29) is 5.41 Å². The SMILES string of the molecule is CC.CC(C)(C)c1ccnc2[nH]ccc12. The van der Waals surface area contributed by atoms with Gasteiger partial charge < -0.3 is 4.98 Å². The number of aromatic nitrogens is 2. The lowest BCUT2D eigenvalue weighted by molar-refractivity contribution is 0.595. The molecule has 2 heterocycles. The van der Waals surface area contributed by atoms with E-state index in [1.807, 2.05) is 26.2 Å². The molecular formula is C13H20N2. The van der Waals surface area contributed by atoms with Crippen LogP contribution < -0.4 is 0 Å². The largest absolute Gasteiger partial charge is 0.346 e. The molecule has 2 rings (SSSR count). The molecule has 1 N–H and O–H groups in total. The zero-order valence-electron chi connectivity index (χ0n) is 10.3. The third-order valence-electron chi connectivity index (χ3n) is 2.27. The third-order valence-corrected chi connectivity index (χ3v) is 2.27. The van der Waals surface area contributed by atoms with Gasteiger partial charge in [-0.3, -0.25) is 0 Å². The van der Waals surface area contributed by atoms with Gasteiger partial charge in [-0.05, 0) is 23.1 Å². The second kappa shape index (κ2) is 4.47. The Kier molecular flexibility index (Phi) is 3.51. The van der Waals surface area contributed by atoms with Gasteiger partial charge in [0, 0.05) is 17.8 Å². The van der Waals surface area contributed by atoms with Crippen molar-refractivity contribution in [2.45, 2.75) is 40.0 Å². The standard InChI is InChI=1S/C11H14N2.C2H6/c1-11(2,3)9-5-7-13-10-8(9)4-6-12-10;1-2/h4-7H,1-3H3,(H,12,13);1-2H3. The van der Waals surface area contributed by atoms with Gasteiger partial charge in [-0.2, -0.15) is 0 Å². The Labute approximate surface area is 91.7 Å². The summed E-state index contributed by atoms with van der Waals surface area (Å²) in [6.07, 6.45) is 3.80. The smallest absolute Gasteiger partial charge is 0.137 e. The summed E-state index contributed by atoms with van der Waals surface area (Å²) in [5, 5.41) is 1.23. The Hall–Kier alpha value is -1.31. The summed E-state index contributed by atoms with van der Waals surface area (Å²) in [5.74, 6) is 0. The van der Waals surface area contributed by atoms with Crippen LogP contribution in [0.15, 0.2) is 24.5 Å². The Morgan fingerprint density at radius 2 is 1.80 bits per heavy atom. The Morgan fingerprint density at radius 1 is 1.13 bits per heavy atom. The van der Waals surface area contributed by atoms with Crippen molar-refractivity contribution in [3.8, 4) is 0 Å². The number of pyridine rings is 1. The molecule has 82 valence electrons. The van der Waals surface area contributed by atoms with Gasteiger partial charge in [0.05, 0.1) is 0 Å². The molecule has 0 aliphatic rings. The summed E-state index contributed by atoms with van der Waals surface area (Å²) in [6, 6.07) is 4.18. The van der Waals surface area contributed by atoms with Gasteiger partial charge in [-0.15, -0.1) is 0 Å². The Bertz CT molecular complexity index is 421. The van der Waals surface area contributed by atoms with E-state index in [0.717, 1.165) is 5.65 Å². The van der Waals surface area contributed by atoms with Crippen LogP contribution in [0.4, 0.5) is 0 Å². The first-order valence-electron chi connectivity index (χ1n) is 5.51. The van der Waals surface area contributed by atoms with Crippen LogP contribution in [0.5, 0.6) is 0 Å². The molecule has 0 fully saturated rings. The molecule has 0 aliphatic heterocycles. The van der Waals surface area contributed by atoms with Gasteiger partial charge in [0.25, 0.3) is 0 Å². The summed E-state index contributed by atoms with van der Waals surface area (Å²) < 4.78 is 0. The van der Waals surface area contributed by atoms with Crippen LogP contribution in [0.3, 0.4) is 0 Å². The topological polar surface area (TPSA) is 28.7 Å². The zero-order chi connectivity index (χ0) is 11.5. The van der Waals surface area contributed by atoms with Crippen molar-refractivity contribution in [3.05, 3.63) is 30.1 Å². The van der Waals surface area contributed by atoms with Gasteiger partial charge in [0.1, 0.15) is 5.65 Å². The van der Waals surface area contributed by atoms with Gasteiger partial charge in [-0.25, -0.2) is 4.98 Å². The third kappa shape index (κ3) is 2.38. The molecular weight excluding hydrogens is 184 g/mol. The minimum Gasteiger partial charge on any atom is -0.346 e. The van der Waals surface area contributed by atoms with Crippen LogP contribution in [0.1, 0.15) is 40.2 Å². The predicted octanol–water partition coefficient (Wildman–Crippen LogP) is 3.89. The first-order chi connectivity index (χ1) is 7.09. The van der Waals surface area contributed by atoms with Crippen molar-refractivity contribution in [2.24, 2.45) is 0 Å². The Morgan fingerprint density at radius 3 is 2.40 bits per heavy atom. The molecule has 15 heavy (non-hydrogen) atoms. The van der Waals surface area contributed by atoms with Crippen LogP contribution in [0.2, 0.25) is 0 Å². The van der Waals surface area contributed by atoms with E-state index < -0.39 is 0 Å². The molecule has 0 aliphatic carbocycles. The molecule has 2 aromatic rings. The van der Waals surface area contributed by atoms with Crippen molar-refractivity contribution < 1.29 is 0 Å². The van der Waals surface area contributed by atoms with E-state index in [1.54, 1.807) is 0 Å². The Balaban J connectivity index is 0.000000531. The summed E-state index contributed by atoms with van der Waals surface area (Å²) in [7, 11) is 0. The monoisotopic (exact) mass is 204 g/mol. The van der Waals surface area contributed by atoms with Crippen molar-refractivity contribution in [1.82, 2.24) is 9.97 Å². The maximum absolute atomic E-state index is 4.26. The lowest BCUT2D eigenvalue weighted by Crippen LogP contribution is -2.11. The van der Waals surface area contributed by atoms with Crippen LogP contribution in [0.25, 0.3) is 11.0 Å². The second-order valence-electron chi connectivity index (χ2n) is 4.35. The van der Waals surface area contributed by atoms with Crippen molar-refractivity contribution in [2.75, 3.05) is 0 Å². The number of hydrogen-bond donors (Lipinski definition) is 1. The first-order valence-corrected chi connectivity index (χ1v) is 5.51. The van der Waals surface area contributed by atoms with Crippen LogP contribution in [0, 0.1) is 0 Å². The highest BCUT2D eigenvalue weighted by atomic mass is 14.8. The number of fused-ring (bicyclic) bond motifs is 1. The zero-order valence-corrected chi connectivity index (χ0v) is 10.3. The highest BCUT2D eigenvalue weighted by Crippen LogP contribution is 2.27. The fourth-order valence-corrected chi connectivity index (χ4v) is 1.61. The van der Waals surface area contributed by atoms with E-state index in [2.05, 4.69) is 42.9 Å². The van der Waals surface area contributed by atoms with Crippen molar-refractivity contribution in [1.29, 1.82) is 0 Å². The van der Waals surface area contributed by atoms with Crippen LogP contribution >= 0.6 is 0 Å². The van der Waals surface area contributed by atoms with Gasteiger partial charge in [0.2, 0.25) is 0 Å². The van der Waals surface area contributed by atoms with Gasteiger partial charge in [-0.1, -0.05) is 34.6 Å². The number of hydrogen-bond acceptors (Lipinski definition) is 1. The molecule has 0 bridgehead atoms. The molecule has 2 aromatic heterocycles. The highest BCUT2D eigenvalue weighted by Gasteiger charge is 2.16. The maximum Gasteiger partial charge on any atom is 0.137 e. The lowest BCUT2D eigenvalue weighted by Gasteiger charge is -2.19. The normalized spacial score (nSPS) is 11.0. The minimum absolute atomic E-state index is 0.184. The van der Waals surface area contributed by atoms with E-state index in [0.29, 0.717) is 0 Å². The molecule has 0 radical (unpaired) electrons. The summed E-state index contributed by atoms with van der Waals surface area (Å²) in [4.78, 5) is 7.38. The van der Waals surface area contributed by atoms with Crippen molar-refractivity contribution >= 4 is 11.0 Å². The van der Waals surface area contributed by atoms with Crippen LogP contribution in [-0.4, -0.2) is 9.97 Å². The average Bonchev–Trinajstić information content (AvgIpc) is 2.66. The van der Waals surface area contributed by atoms with E-state index in [9.17, 15) is 0 Å². The van der Waals surface area contributed by atoms with E-state index in [1.165, 1.54) is 10.9 Å². The number of rotatable bonds is 0. The quantitative estimate of drug-likeness (QED) is 0.693. The second-order valence-corrected chi connectivity index (χ2v) is 4.35. The molecule has 0 spiro atoms.